The third-order valence-corrected chi connectivity index (χ3v) is 5.69. The summed E-state index contributed by atoms with van der Waals surface area (Å²) in [7, 11) is 0. The summed E-state index contributed by atoms with van der Waals surface area (Å²) in [6.45, 7) is 2.69. The Hall–Kier alpha value is -2.16. The molecular weight excluding hydrogens is 452 g/mol. The molecule has 3 heterocycles. The summed E-state index contributed by atoms with van der Waals surface area (Å²) in [5.74, 6) is 1.25. The van der Waals surface area contributed by atoms with Crippen LogP contribution in [0.2, 0.25) is 4.34 Å². The molecule has 0 fully saturated rings. The number of aryl methyl sites for hydroxylation is 1. The fourth-order valence-corrected chi connectivity index (χ4v) is 4.16. The SMILES string of the molecule is Cc1nc(Cn2c(COc3ccc(O)nc3)nc3ccc(Br)cc32)c(Cl)s1. The first-order valence-corrected chi connectivity index (χ1v) is 10.0. The van der Waals surface area contributed by atoms with E-state index in [0.717, 1.165) is 32.0 Å². The van der Waals surface area contributed by atoms with Crippen LogP contribution in [0.5, 0.6) is 11.6 Å². The molecule has 3 aromatic heterocycles. The van der Waals surface area contributed by atoms with Crippen LogP contribution in [0.25, 0.3) is 11.0 Å². The average molecular weight is 466 g/mol. The maximum absolute atomic E-state index is 9.29. The van der Waals surface area contributed by atoms with E-state index in [2.05, 4.69) is 25.9 Å². The number of aromatic nitrogens is 4. The minimum Gasteiger partial charge on any atom is -0.493 e. The van der Waals surface area contributed by atoms with E-state index in [0.29, 0.717) is 16.6 Å². The lowest BCUT2D eigenvalue weighted by Crippen LogP contribution is -2.09. The van der Waals surface area contributed by atoms with E-state index in [-0.39, 0.29) is 12.5 Å². The van der Waals surface area contributed by atoms with Gasteiger partial charge in [0, 0.05) is 10.5 Å². The molecule has 0 saturated carbocycles. The predicted molar refractivity (Wildman–Crippen MR) is 109 cm³/mol. The summed E-state index contributed by atoms with van der Waals surface area (Å²) in [6.07, 6.45) is 1.47. The predicted octanol–water partition coefficient (Wildman–Crippen LogP) is 4.95. The number of halogens is 2. The topological polar surface area (TPSA) is 73.1 Å². The Bertz CT molecular complexity index is 1110. The zero-order valence-electron chi connectivity index (χ0n) is 14.2. The van der Waals surface area contributed by atoms with E-state index >= 15 is 0 Å². The molecule has 0 saturated heterocycles. The van der Waals surface area contributed by atoms with Gasteiger partial charge in [-0.15, -0.1) is 11.3 Å². The largest absolute Gasteiger partial charge is 0.493 e. The Morgan fingerprint density at radius 2 is 2.11 bits per heavy atom. The summed E-state index contributed by atoms with van der Waals surface area (Å²) in [4.78, 5) is 13.1. The van der Waals surface area contributed by atoms with Crippen LogP contribution in [0.1, 0.15) is 16.5 Å². The summed E-state index contributed by atoms with van der Waals surface area (Å²) < 4.78 is 9.50. The minimum atomic E-state index is -0.0482. The Labute approximate surface area is 172 Å². The first kappa shape index (κ1) is 18.2. The fourth-order valence-electron chi connectivity index (χ4n) is 2.73. The maximum Gasteiger partial charge on any atom is 0.210 e. The molecule has 0 aliphatic carbocycles. The molecule has 1 N–H and O–H groups in total. The molecule has 0 atom stereocenters. The van der Waals surface area contributed by atoms with Crippen LogP contribution >= 0.6 is 38.9 Å². The second-order valence-electron chi connectivity index (χ2n) is 5.84. The Morgan fingerprint density at radius 3 is 2.81 bits per heavy atom. The summed E-state index contributed by atoms with van der Waals surface area (Å²) >= 11 is 11.3. The third-order valence-electron chi connectivity index (χ3n) is 3.94. The van der Waals surface area contributed by atoms with Crippen molar-refractivity contribution in [2.45, 2.75) is 20.1 Å². The van der Waals surface area contributed by atoms with Gasteiger partial charge in [-0.1, -0.05) is 27.5 Å². The number of thiazole rings is 1. The van der Waals surface area contributed by atoms with Gasteiger partial charge in [-0.2, -0.15) is 0 Å². The van der Waals surface area contributed by atoms with Gasteiger partial charge in [-0.25, -0.2) is 15.0 Å². The lowest BCUT2D eigenvalue weighted by atomic mass is 10.3. The number of benzene rings is 1. The molecule has 0 amide bonds. The van der Waals surface area contributed by atoms with Gasteiger partial charge in [0.1, 0.15) is 22.5 Å². The number of aromatic hydroxyl groups is 1. The van der Waals surface area contributed by atoms with E-state index in [4.69, 9.17) is 21.3 Å². The van der Waals surface area contributed by atoms with Crippen LogP contribution in [-0.2, 0) is 13.2 Å². The zero-order valence-corrected chi connectivity index (χ0v) is 17.3. The first-order valence-electron chi connectivity index (χ1n) is 8.04. The van der Waals surface area contributed by atoms with Gasteiger partial charge in [0.25, 0.3) is 0 Å². The van der Waals surface area contributed by atoms with E-state index in [1.807, 2.05) is 29.7 Å². The van der Waals surface area contributed by atoms with Gasteiger partial charge in [-0.05, 0) is 31.2 Å². The van der Waals surface area contributed by atoms with Gasteiger partial charge in [0.05, 0.1) is 34.5 Å². The summed E-state index contributed by atoms with van der Waals surface area (Å²) in [5, 5.41) is 10.2. The molecule has 0 spiro atoms. The van der Waals surface area contributed by atoms with Crippen LogP contribution < -0.4 is 4.74 Å². The molecule has 4 rings (SSSR count). The monoisotopic (exact) mass is 464 g/mol. The van der Waals surface area contributed by atoms with Gasteiger partial charge >= 0.3 is 0 Å². The van der Waals surface area contributed by atoms with Crippen molar-refractivity contribution in [3.8, 4) is 11.6 Å². The highest BCUT2D eigenvalue weighted by Gasteiger charge is 2.16. The molecule has 6 nitrogen and oxygen atoms in total. The lowest BCUT2D eigenvalue weighted by Gasteiger charge is -2.10. The van der Waals surface area contributed by atoms with Crippen molar-refractivity contribution >= 4 is 49.9 Å². The normalized spacial score (nSPS) is 11.2. The first-order chi connectivity index (χ1) is 13.0. The summed E-state index contributed by atoms with van der Waals surface area (Å²) in [5.41, 5.74) is 2.64. The van der Waals surface area contributed by atoms with Gasteiger partial charge in [-0.3, -0.25) is 0 Å². The standard InChI is InChI=1S/C18H14BrClN4O2S/c1-10-22-14(18(20)27-10)8-24-15-6-11(19)2-4-13(15)23-16(24)9-26-12-3-5-17(25)21-7-12/h2-7H,8-9H2,1H3,(H,21,25). The van der Waals surface area contributed by atoms with Crippen molar-refractivity contribution in [2.24, 2.45) is 0 Å². The van der Waals surface area contributed by atoms with Crippen molar-refractivity contribution in [2.75, 3.05) is 0 Å². The van der Waals surface area contributed by atoms with E-state index in [9.17, 15) is 5.11 Å². The van der Waals surface area contributed by atoms with Gasteiger partial charge in [0.15, 0.2) is 0 Å². The quantitative estimate of drug-likeness (QED) is 0.452. The molecule has 0 aliphatic heterocycles. The smallest absolute Gasteiger partial charge is 0.210 e. The molecule has 9 heteroatoms. The molecular formula is C18H14BrClN4O2S. The second-order valence-corrected chi connectivity index (χ2v) is 8.56. The maximum atomic E-state index is 9.29. The molecule has 0 radical (unpaired) electrons. The van der Waals surface area contributed by atoms with Crippen molar-refractivity contribution < 1.29 is 9.84 Å². The van der Waals surface area contributed by atoms with Crippen LogP contribution in [0.15, 0.2) is 41.0 Å². The molecule has 0 aliphatic rings. The number of hydrogen-bond acceptors (Lipinski definition) is 6. The van der Waals surface area contributed by atoms with Crippen molar-refractivity contribution in [1.82, 2.24) is 19.5 Å². The molecule has 1 aromatic carbocycles. The number of pyridine rings is 1. The number of hydrogen-bond donors (Lipinski definition) is 1. The number of nitrogens with zero attached hydrogens (tertiary/aromatic N) is 4. The van der Waals surface area contributed by atoms with Crippen LogP contribution in [0.4, 0.5) is 0 Å². The Balaban J connectivity index is 1.70. The molecule has 27 heavy (non-hydrogen) atoms. The Kier molecular flexibility index (Phi) is 5.03. The van der Waals surface area contributed by atoms with Crippen molar-refractivity contribution in [3.05, 3.63) is 61.9 Å². The molecule has 0 unspecified atom stereocenters. The number of imidazole rings is 1. The number of rotatable bonds is 5. The van der Waals surface area contributed by atoms with E-state index in [1.165, 1.54) is 23.6 Å². The van der Waals surface area contributed by atoms with E-state index < -0.39 is 0 Å². The highest BCUT2D eigenvalue weighted by atomic mass is 79.9. The van der Waals surface area contributed by atoms with Crippen LogP contribution in [0.3, 0.4) is 0 Å². The fraction of sp³-hybridized carbons (Fsp3) is 0.167. The Morgan fingerprint density at radius 1 is 1.26 bits per heavy atom. The van der Waals surface area contributed by atoms with E-state index in [1.54, 1.807) is 6.07 Å². The highest BCUT2D eigenvalue weighted by Crippen LogP contribution is 2.28. The number of fused-ring (bicyclic) bond motifs is 1. The number of ether oxygens (including phenoxy) is 1. The average Bonchev–Trinajstić information content (AvgIpc) is 3.14. The minimum absolute atomic E-state index is 0.0482. The van der Waals surface area contributed by atoms with Crippen LogP contribution in [0, 0.1) is 6.92 Å². The second kappa shape index (κ2) is 7.46. The third kappa shape index (κ3) is 3.92. The molecule has 4 aromatic rings. The summed E-state index contributed by atoms with van der Waals surface area (Å²) in [6, 6.07) is 9.06. The zero-order chi connectivity index (χ0) is 19.0. The van der Waals surface area contributed by atoms with Crippen molar-refractivity contribution in [1.29, 1.82) is 0 Å². The van der Waals surface area contributed by atoms with Gasteiger partial charge in [0.2, 0.25) is 5.88 Å². The highest BCUT2D eigenvalue weighted by molar-refractivity contribution is 9.10. The molecule has 138 valence electrons. The van der Waals surface area contributed by atoms with Gasteiger partial charge < -0.3 is 14.4 Å². The van der Waals surface area contributed by atoms with Crippen molar-refractivity contribution in [3.63, 3.8) is 0 Å². The van der Waals surface area contributed by atoms with Crippen LogP contribution in [-0.4, -0.2) is 24.6 Å². The molecule has 0 bridgehead atoms. The lowest BCUT2D eigenvalue weighted by molar-refractivity contribution is 0.289.